The summed E-state index contributed by atoms with van der Waals surface area (Å²) in [7, 11) is 0. The smallest absolute Gasteiger partial charge is 0.129 e. The Labute approximate surface area is 99.5 Å². The van der Waals surface area contributed by atoms with Crippen molar-refractivity contribution in [2.24, 2.45) is 5.73 Å². The molecule has 1 heterocycles. The van der Waals surface area contributed by atoms with Gasteiger partial charge in [-0.2, -0.15) is 0 Å². The van der Waals surface area contributed by atoms with Gasteiger partial charge in [0.25, 0.3) is 0 Å². The maximum absolute atomic E-state index is 13.0. The Kier molecular flexibility index (Phi) is 3.44. The highest BCUT2D eigenvalue weighted by Gasteiger charge is 2.03. The van der Waals surface area contributed by atoms with E-state index in [1.165, 1.54) is 12.1 Å². The van der Waals surface area contributed by atoms with Crippen molar-refractivity contribution < 1.29 is 4.39 Å². The maximum Gasteiger partial charge on any atom is 0.129 e. The quantitative estimate of drug-likeness (QED) is 0.880. The summed E-state index contributed by atoms with van der Waals surface area (Å²) in [6, 6.07) is 6.40. The average Bonchev–Trinajstić information content (AvgIpc) is 2.29. The van der Waals surface area contributed by atoms with Crippen LogP contribution in [0.15, 0.2) is 36.7 Å². The summed E-state index contributed by atoms with van der Waals surface area (Å²) in [6.45, 7) is 1.91. The summed E-state index contributed by atoms with van der Waals surface area (Å²) < 4.78 is 13.0. The minimum Gasteiger partial charge on any atom is -0.328 e. The Hall–Kier alpha value is -1.81. The fraction of sp³-hybridized carbons (Fsp3) is 0.231. The number of benzene rings is 1. The Morgan fingerprint density at radius 1 is 1.24 bits per heavy atom. The minimum absolute atomic E-state index is 0.0371. The maximum atomic E-state index is 13.0. The predicted octanol–water partition coefficient (Wildman–Crippen LogP) is 2.17. The van der Waals surface area contributed by atoms with Gasteiger partial charge in [0.15, 0.2) is 0 Å². The van der Waals surface area contributed by atoms with E-state index in [-0.39, 0.29) is 11.9 Å². The van der Waals surface area contributed by atoms with Crippen molar-refractivity contribution in [3.63, 3.8) is 0 Å². The lowest BCUT2D eigenvalue weighted by atomic mass is 10.1. The minimum atomic E-state index is -0.262. The van der Waals surface area contributed by atoms with Crippen molar-refractivity contribution in [2.45, 2.75) is 19.4 Å². The van der Waals surface area contributed by atoms with E-state index in [1.807, 2.05) is 13.0 Å². The number of rotatable bonds is 3. The fourth-order valence-corrected chi connectivity index (χ4v) is 1.57. The molecule has 17 heavy (non-hydrogen) atoms. The van der Waals surface area contributed by atoms with Crippen molar-refractivity contribution in [2.75, 3.05) is 0 Å². The van der Waals surface area contributed by atoms with Crippen LogP contribution in [0.2, 0.25) is 0 Å². The van der Waals surface area contributed by atoms with Crippen LogP contribution < -0.4 is 5.73 Å². The van der Waals surface area contributed by atoms with E-state index in [0.717, 1.165) is 11.1 Å². The normalized spacial score (nSPS) is 12.4. The summed E-state index contributed by atoms with van der Waals surface area (Å²) >= 11 is 0. The van der Waals surface area contributed by atoms with Crippen LogP contribution in [-0.4, -0.2) is 16.0 Å². The molecule has 4 heteroatoms. The molecule has 1 aromatic carbocycles. The van der Waals surface area contributed by atoms with Gasteiger partial charge in [0.05, 0.1) is 0 Å². The first-order chi connectivity index (χ1) is 8.15. The molecule has 2 N–H and O–H groups in total. The van der Waals surface area contributed by atoms with Crippen LogP contribution >= 0.6 is 0 Å². The number of hydrogen-bond donors (Lipinski definition) is 1. The van der Waals surface area contributed by atoms with E-state index in [4.69, 9.17) is 5.73 Å². The predicted molar refractivity (Wildman–Crippen MR) is 64.8 cm³/mol. The Balaban J connectivity index is 2.23. The summed E-state index contributed by atoms with van der Waals surface area (Å²) in [5.41, 5.74) is 7.24. The molecule has 0 spiro atoms. The van der Waals surface area contributed by atoms with Crippen LogP contribution in [0.3, 0.4) is 0 Å². The summed E-state index contributed by atoms with van der Waals surface area (Å²) in [5, 5.41) is 0. The highest BCUT2D eigenvalue weighted by atomic mass is 19.1. The molecule has 1 atom stereocenters. The van der Waals surface area contributed by atoms with Gasteiger partial charge in [-0.1, -0.05) is 12.1 Å². The SMILES string of the molecule is CC(N)Cc1ncc(-c2cccc(F)c2)cn1. The van der Waals surface area contributed by atoms with Gasteiger partial charge >= 0.3 is 0 Å². The molecule has 0 aliphatic rings. The molecule has 2 aromatic rings. The third kappa shape index (κ3) is 3.07. The zero-order valence-corrected chi connectivity index (χ0v) is 9.60. The van der Waals surface area contributed by atoms with E-state index in [1.54, 1.807) is 18.5 Å². The topological polar surface area (TPSA) is 51.8 Å². The zero-order valence-electron chi connectivity index (χ0n) is 9.60. The monoisotopic (exact) mass is 231 g/mol. The number of nitrogens with two attached hydrogens (primary N) is 1. The van der Waals surface area contributed by atoms with E-state index >= 15 is 0 Å². The number of nitrogens with zero attached hydrogens (tertiary/aromatic N) is 2. The first-order valence-electron chi connectivity index (χ1n) is 5.47. The van der Waals surface area contributed by atoms with Crippen molar-refractivity contribution in [1.82, 2.24) is 9.97 Å². The van der Waals surface area contributed by atoms with E-state index in [0.29, 0.717) is 12.2 Å². The van der Waals surface area contributed by atoms with Crippen molar-refractivity contribution in [1.29, 1.82) is 0 Å². The molecule has 0 aliphatic carbocycles. The molecule has 0 aliphatic heterocycles. The summed E-state index contributed by atoms with van der Waals surface area (Å²) in [6.07, 6.45) is 4.03. The van der Waals surface area contributed by atoms with Gasteiger partial charge in [0.1, 0.15) is 11.6 Å². The molecule has 1 aromatic heterocycles. The molecule has 0 radical (unpaired) electrons. The van der Waals surface area contributed by atoms with Gasteiger partial charge in [-0.3, -0.25) is 0 Å². The Bertz CT molecular complexity index is 494. The lowest BCUT2D eigenvalue weighted by Gasteiger charge is -2.05. The van der Waals surface area contributed by atoms with Gasteiger partial charge in [0, 0.05) is 30.4 Å². The summed E-state index contributed by atoms with van der Waals surface area (Å²) in [5.74, 6) is 0.447. The van der Waals surface area contributed by atoms with Crippen molar-refractivity contribution in [3.8, 4) is 11.1 Å². The highest BCUT2D eigenvalue weighted by Crippen LogP contribution is 2.18. The van der Waals surface area contributed by atoms with Crippen molar-refractivity contribution in [3.05, 3.63) is 48.3 Å². The second-order valence-corrected chi connectivity index (χ2v) is 4.08. The molecular formula is C13H14FN3. The highest BCUT2D eigenvalue weighted by molar-refractivity contribution is 5.61. The first kappa shape index (κ1) is 11.7. The number of hydrogen-bond acceptors (Lipinski definition) is 3. The second kappa shape index (κ2) is 5.01. The molecule has 3 nitrogen and oxygen atoms in total. The molecule has 0 amide bonds. The number of halogens is 1. The lowest BCUT2D eigenvalue weighted by molar-refractivity contribution is 0.628. The average molecular weight is 231 g/mol. The van der Waals surface area contributed by atoms with E-state index in [9.17, 15) is 4.39 Å². The summed E-state index contributed by atoms with van der Waals surface area (Å²) in [4.78, 5) is 8.42. The Morgan fingerprint density at radius 2 is 1.94 bits per heavy atom. The first-order valence-corrected chi connectivity index (χ1v) is 5.47. The lowest BCUT2D eigenvalue weighted by Crippen LogP contribution is -2.19. The molecule has 0 saturated heterocycles. The molecule has 0 bridgehead atoms. The zero-order chi connectivity index (χ0) is 12.3. The molecule has 0 saturated carbocycles. The standard InChI is InChI=1S/C13H14FN3/c1-9(15)5-13-16-7-11(8-17-13)10-3-2-4-12(14)6-10/h2-4,6-9H,5,15H2,1H3. The van der Waals surface area contributed by atoms with E-state index < -0.39 is 0 Å². The number of aromatic nitrogens is 2. The van der Waals surface area contributed by atoms with Gasteiger partial charge < -0.3 is 5.73 Å². The third-order valence-corrected chi connectivity index (χ3v) is 2.37. The van der Waals surface area contributed by atoms with Gasteiger partial charge in [-0.25, -0.2) is 14.4 Å². The molecule has 0 fully saturated rings. The van der Waals surface area contributed by atoms with Gasteiger partial charge in [-0.15, -0.1) is 0 Å². The van der Waals surface area contributed by atoms with E-state index in [2.05, 4.69) is 9.97 Å². The third-order valence-electron chi connectivity index (χ3n) is 2.37. The van der Waals surface area contributed by atoms with Gasteiger partial charge in [-0.05, 0) is 24.6 Å². The molecule has 2 rings (SSSR count). The largest absolute Gasteiger partial charge is 0.328 e. The second-order valence-electron chi connectivity index (χ2n) is 4.08. The molecule has 88 valence electrons. The molecular weight excluding hydrogens is 217 g/mol. The van der Waals surface area contributed by atoms with Crippen LogP contribution in [0.5, 0.6) is 0 Å². The van der Waals surface area contributed by atoms with Crippen molar-refractivity contribution >= 4 is 0 Å². The Morgan fingerprint density at radius 3 is 2.53 bits per heavy atom. The van der Waals surface area contributed by atoms with Crippen LogP contribution in [0, 0.1) is 5.82 Å². The van der Waals surface area contributed by atoms with Crippen LogP contribution in [0.1, 0.15) is 12.7 Å². The van der Waals surface area contributed by atoms with Crippen LogP contribution in [-0.2, 0) is 6.42 Å². The van der Waals surface area contributed by atoms with Gasteiger partial charge in [0.2, 0.25) is 0 Å². The fourth-order valence-electron chi connectivity index (χ4n) is 1.57. The molecule has 1 unspecified atom stereocenters. The van der Waals surface area contributed by atoms with Crippen LogP contribution in [0.4, 0.5) is 4.39 Å². The van der Waals surface area contributed by atoms with Crippen LogP contribution in [0.25, 0.3) is 11.1 Å².